The maximum Gasteiger partial charge on any atom is 0.307 e. The molecule has 0 radical (unpaired) electrons. The second kappa shape index (κ2) is 5.07. The van der Waals surface area contributed by atoms with Gasteiger partial charge in [-0.25, -0.2) is 4.98 Å². The molecule has 0 aliphatic heterocycles. The van der Waals surface area contributed by atoms with E-state index >= 15 is 0 Å². The number of anilines is 1. The molecule has 0 spiro atoms. The summed E-state index contributed by atoms with van der Waals surface area (Å²) in [6, 6.07) is 0. The number of aromatic nitrogens is 3. The summed E-state index contributed by atoms with van der Waals surface area (Å²) in [5.74, 6) is -2.09. The average Bonchev–Trinajstić information content (AvgIpc) is 2.73. The summed E-state index contributed by atoms with van der Waals surface area (Å²) in [5, 5.41) is 18.8. The molecule has 1 heterocycles. The van der Waals surface area contributed by atoms with Crippen LogP contribution in [-0.2, 0) is 9.59 Å². The quantitative estimate of drug-likeness (QED) is 0.811. The molecule has 1 aromatic heterocycles. The molecular weight excluding hydrogens is 236 g/mol. The summed E-state index contributed by atoms with van der Waals surface area (Å²) in [7, 11) is 0. The molecule has 1 amide bonds. The molecule has 3 atom stereocenters. The van der Waals surface area contributed by atoms with E-state index in [-0.39, 0.29) is 17.8 Å². The van der Waals surface area contributed by atoms with E-state index in [1.165, 1.54) is 12.4 Å². The monoisotopic (exact) mass is 250 g/mol. The van der Waals surface area contributed by atoms with Crippen molar-refractivity contribution in [3.05, 3.63) is 12.4 Å². The van der Waals surface area contributed by atoms with Crippen molar-refractivity contribution < 1.29 is 14.7 Å². The molecule has 1 aliphatic carbocycles. The third kappa shape index (κ3) is 2.61. The van der Waals surface area contributed by atoms with Gasteiger partial charge in [-0.15, -0.1) is 5.10 Å². The first-order chi connectivity index (χ1) is 8.58. The van der Waals surface area contributed by atoms with Gasteiger partial charge in [0.05, 0.1) is 24.2 Å². The van der Waals surface area contributed by atoms with E-state index in [1.807, 2.05) is 6.92 Å². The Morgan fingerprint density at radius 2 is 2.06 bits per heavy atom. The van der Waals surface area contributed by atoms with E-state index < -0.39 is 17.8 Å². The minimum atomic E-state index is -0.924. The highest BCUT2D eigenvalue weighted by molar-refractivity contribution is 5.94. The molecule has 0 saturated heterocycles. The van der Waals surface area contributed by atoms with Crippen LogP contribution in [0.15, 0.2) is 12.4 Å². The number of carboxylic acid groups (broad SMARTS) is 1. The molecule has 1 aliphatic rings. The lowest BCUT2D eigenvalue weighted by molar-refractivity contribution is -0.145. The van der Waals surface area contributed by atoms with Crippen molar-refractivity contribution in [2.45, 2.75) is 19.8 Å². The van der Waals surface area contributed by atoms with E-state index in [0.29, 0.717) is 12.8 Å². The SMILES string of the molecule is CC1C[C@H](C(=O)Nc2nccnn2)[C@H](C(=O)O)C1. The third-order valence-corrected chi connectivity index (χ3v) is 3.17. The zero-order chi connectivity index (χ0) is 13.1. The largest absolute Gasteiger partial charge is 0.481 e. The zero-order valence-corrected chi connectivity index (χ0v) is 9.91. The van der Waals surface area contributed by atoms with Crippen LogP contribution in [0.3, 0.4) is 0 Å². The number of carboxylic acids is 1. The van der Waals surface area contributed by atoms with Crippen LogP contribution in [-0.4, -0.2) is 32.2 Å². The summed E-state index contributed by atoms with van der Waals surface area (Å²) in [6.45, 7) is 1.95. The van der Waals surface area contributed by atoms with E-state index in [0.717, 1.165) is 0 Å². The fraction of sp³-hybridized carbons (Fsp3) is 0.545. The number of nitrogens with zero attached hydrogens (tertiary/aromatic N) is 3. The van der Waals surface area contributed by atoms with Gasteiger partial charge in [-0.2, -0.15) is 5.10 Å². The Morgan fingerprint density at radius 3 is 2.67 bits per heavy atom. The Morgan fingerprint density at radius 1 is 1.33 bits per heavy atom. The predicted molar refractivity (Wildman–Crippen MR) is 61.5 cm³/mol. The smallest absolute Gasteiger partial charge is 0.307 e. The Balaban J connectivity index is 2.06. The number of carbonyl (C=O) groups is 2. The predicted octanol–water partition coefficient (Wildman–Crippen LogP) is 0.557. The number of carbonyl (C=O) groups excluding carboxylic acids is 1. The van der Waals surface area contributed by atoms with Crippen molar-refractivity contribution >= 4 is 17.8 Å². The van der Waals surface area contributed by atoms with Gasteiger partial charge in [0, 0.05) is 0 Å². The molecule has 0 aromatic carbocycles. The van der Waals surface area contributed by atoms with Gasteiger partial charge in [0.1, 0.15) is 0 Å². The second-order valence-electron chi connectivity index (χ2n) is 4.58. The van der Waals surface area contributed by atoms with Crippen LogP contribution in [0.5, 0.6) is 0 Å². The molecule has 96 valence electrons. The van der Waals surface area contributed by atoms with Crippen LogP contribution in [0.2, 0.25) is 0 Å². The lowest BCUT2D eigenvalue weighted by atomic mass is 9.95. The molecule has 1 unspecified atom stereocenters. The first-order valence-electron chi connectivity index (χ1n) is 5.75. The van der Waals surface area contributed by atoms with Crippen LogP contribution in [0.1, 0.15) is 19.8 Å². The van der Waals surface area contributed by atoms with Crippen molar-refractivity contribution in [2.75, 3.05) is 5.32 Å². The maximum atomic E-state index is 12.0. The fourth-order valence-electron chi connectivity index (χ4n) is 2.36. The average molecular weight is 250 g/mol. The minimum absolute atomic E-state index is 0.103. The maximum absolute atomic E-state index is 12.0. The molecule has 7 nitrogen and oxygen atoms in total. The zero-order valence-electron chi connectivity index (χ0n) is 9.91. The highest BCUT2D eigenvalue weighted by Gasteiger charge is 2.41. The highest BCUT2D eigenvalue weighted by atomic mass is 16.4. The topological polar surface area (TPSA) is 105 Å². The van der Waals surface area contributed by atoms with Gasteiger partial charge in [-0.05, 0) is 18.8 Å². The number of rotatable bonds is 3. The van der Waals surface area contributed by atoms with Crippen LogP contribution in [0.4, 0.5) is 5.95 Å². The van der Waals surface area contributed by atoms with Crippen LogP contribution in [0.25, 0.3) is 0 Å². The van der Waals surface area contributed by atoms with Gasteiger partial charge < -0.3 is 5.11 Å². The van der Waals surface area contributed by atoms with Crippen molar-refractivity contribution in [2.24, 2.45) is 17.8 Å². The number of hydrogen-bond acceptors (Lipinski definition) is 5. The molecular formula is C11H14N4O3. The van der Waals surface area contributed by atoms with Crippen molar-refractivity contribution in [1.82, 2.24) is 15.2 Å². The third-order valence-electron chi connectivity index (χ3n) is 3.17. The van der Waals surface area contributed by atoms with Gasteiger partial charge in [0.2, 0.25) is 11.9 Å². The molecule has 1 fully saturated rings. The lowest BCUT2D eigenvalue weighted by Crippen LogP contribution is -2.30. The first kappa shape index (κ1) is 12.4. The molecule has 2 rings (SSSR count). The van der Waals surface area contributed by atoms with Gasteiger partial charge in [-0.3, -0.25) is 14.9 Å². The number of hydrogen-bond donors (Lipinski definition) is 2. The lowest BCUT2D eigenvalue weighted by Gasteiger charge is -2.14. The summed E-state index contributed by atoms with van der Waals surface area (Å²) < 4.78 is 0. The second-order valence-corrected chi connectivity index (χ2v) is 4.58. The van der Waals surface area contributed by atoms with E-state index in [1.54, 1.807) is 0 Å². The summed E-state index contributed by atoms with van der Waals surface area (Å²) in [5.41, 5.74) is 0. The summed E-state index contributed by atoms with van der Waals surface area (Å²) in [4.78, 5) is 26.9. The van der Waals surface area contributed by atoms with E-state index in [2.05, 4.69) is 20.5 Å². The van der Waals surface area contributed by atoms with E-state index in [4.69, 9.17) is 5.11 Å². The molecule has 2 N–H and O–H groups in total. The number of amides is 1. The van der Waals surface area contributed by atoms with Crippen LogP contribution in [0, 0.1) is 17.8 Å². The van der Waals surface area contributed by atoms with E-state index in [9.17, 15) is 9.59 Å². The first-order valence-corrected chi connectivity index (χ1v) is 5.75. The Kier molecular flexibility index (Phi) is 3.50. The highest BCUT2D eigenvalue weighted by Crippen LogP contribution is 2.36. The number of nitrogens with one attached hydrogen (secondary N) is 1. The van der Waals surface area contributed by atoms with Crippen LogP contribution < -0.4 is 5.32 Å². The van der Waals surface area contributed by atoms with Gasteiger partial charge in [0.25, 0.3) is 0 Å². The van der Waals surface area contributed by atoms with Crippen molar-refractivity contribution in [1.29, 1.82) is 0 Å². The van der Waals surface area contributed by atoms with Gasteiger partial charge >= 0.3 is 5.97 Å². The minimum Gasteiger partial charge on any atom is -0.481 e. The standard InChI is InChI=1S/C11H14N4O3/c1-6-4-7(8(5-6)10(17)18)9(16)14-11-12-2-3-13-15-11/h2-3,6-8H,4-5H2,1H3,(H,17,18)(H,12,14,15,16)/t6?,7-,8+/m0/s1. The van der Waals surface area contributed by atoms with Gasteiger partial charge in [-0.1, -0.05) is 6.92 Å². The Bertz CT molecular complexity index is 451. The molecule has 1 saturated carbocycles. The molecule has 1 aromatic rings. The van der Waals surface area contributed by atoms with Gasteiger partial charge in [0.15, 0.2) is 0 Å². The Labute approximate surface area is 104 Å². The number of aliphatic carboxylic acids is 1. The van der Waals surface area contributed by atoms with Crippen LogP contribution >= 0.6 is 0 Å². The Hall–Kier alpha value is -2.05. The summed E-state index contributed by atoms with van der Waals surface area (Å²) >= 11 is 0. The van der Waals surface area contributed by atoms with Crippen molar-refractivity contribution in [3.8, 4) is 0 Å². The normalized spacial score (nSPS) is 26.8. The molecule has 18 heavy (non-hydrogen) atoms. The fourth-order valence-corrected chi connectivity index (χ4v) is 2.36. The summed E-state index contributed by atoms with van der Waals surface area (Å²) in [6.07, 6.45) is 3.91. The van der Waals surface area contributed by atoms with Crippen molar-refractivity contribution in [3.63, 3.8) is 0 Å². The molecule has 7 heteroatoms. The molecule has 0 bridgehead atoms.